The summed E-state index contributed by atoms with van der Waals surface area (Å²) in [5.41, 5.74) is 0. The van der Waals surface area contributed by atoms with E-state index in [1.54, 1.807) is 0 Å². The van der Waals surface area contributed by atoms with Crippen molar-refractivity contribution in [2.45, 2.75) is 0 Å². The summed E-state index contributed by atoms with van der Waals surface area (Å²) in [6.45, 7) is 0. The smallest absolute Gasteiger partial charge is 0.195 e. The third kappa shape index (κ3) is 1.69. The fourth-order valence-electron chi connectivity index (χ4n) is 2.15. The van der Waals surface area contributed by atoms with E-state index in [1.807, 2.05) is 0 Å². The van der Waals surface area contributed by atoms with E-state index in [0.717, 1.165) is 0 Å². The molecule has 0 fully saturated rings. The summed E-state index contributed by atoms with van der Waals surface area (Å²) in [6, 6.07) is 2.56. The molecule has 0 saturated heterocycles. The number of hydrogen-bond donors (Lipinski definition) is 0. The standard InChI is InChI=1S/C14F8/c15-4-2-6(17)11(19)9-8(4)7-3(10(18)14(9)22)1-5(16)12(20)13(7)21. The van der Waals surface area contributed by atoms with Gasteiger partial charge in [0.15, 0.2) is 40.7 Å². The van der Waals surface area contributed by atoms with E-state index in [-0.39, 0.29) is 0 Å². The van der Waals surface area contributed by atoms with Crippen LogP contribution < -0.4 is 0 Å². The summed E-state index contributed by atoms with van der Waals surface area (Å²) in [5.74, 6) is -16.1. The summed E-state index contributed by atoms with van der Waals surface area (Å²) in [5, 5.41) is -5.46. The second-order valence-electron chi connectivity index (χ2n) is 4.26. The van der Waals surface area contributed by atoms with Crippen molar-refractivity contribution in [1.82, 2.24) is 0 Å². The van der Waals surface area contributed by atoms with Crippen LogP contribution in [0.3, 0.4) is 0 Å². The average molecular weight is 320 g/mol. The maximum atomic E-state index is 13.8. The third-order valence-electron chi connectivity index (χ3n) is 3.07. The van der Waals surface area contributed by atoms with Crippen LogP contribution in [0.2, 0.25) is 0 Å². The Hall–Kier alpha value is -2.38. The van der Waals surface area contributed by atoms with E-state index in [4.69, 9.17) is 0 Å². The Balaban J connectivity index is 2.79. The molecule has 0 N–H and O–H groups in total. The molecule has 3 aromatic rings. The Morgan fingerprint density at radius 3 is 1.59 bits per heavy atom. The van der Waals surface area contributed by atoms with Crippen molar-refractivity contribution in [3.05, 3.63) is 58.7 Å². The minimum atomic E-state index is -2.15. The Bertz CT molecular complexity index is 961. The van der Waals surface area contributed by atoms with Gasteiger partial charge in [-0.15, -0.1) is 0 Å². The van der Waals surface area contributed by atoms with E-state index in [0.29, 0.717) is 0 Å². The lowest BCUT2D eigenvalue weighted by Gasteiger charge is -2.11. The van der Waals surface area contributed by atoms with Gasteiger partial charge in [-0.3, -0.25) is 0 Å². The molecular formula is C14F8. The molecule has 0 nitrogen and oxygen atoms in total. The van der Waals surface area contributed by atoms with Gasteiger partial charge in [0.25, 0.3) is 0 Å². The van der Waals surface area contributed by atoms with Crippen molar-refractivity contribution in [1.29, 1.82) is 0 Å². The highest BCUT2D eigenvalue weighted by Crippen LogP contribution is 2.37. The first-order chi connectivity index (χ1) is 10.3. The molecule has 112 valence electrons. The average Bonchev–Trinajstić information content (AvgIpc) is 2.46. The van der Waals surface area contributed by atoms with Crippen molar-refractivity contribution in [3.63, 3.8) is 0 Å². The van der Waals surface area contributed by atoms with Gasteiger partial charge in [-0.25, -0.2) is 35.1 Å². The number of hydrogen-bond acceptors (Lipinski definition) is 0. The van der Waals surface area contributed by atoms with Crippen LogP contribution in [0, 0.1) is 58.7 Å². The molecule has 8 heteroatoms. The van der Waals surface area contributed by atoms with Crippen LogP contribution in [0.15, 0.2) is 0 Å². The first kappa shape index (κ1) is 14.6. The topological polar surface area (TPSA) is 0 Å². The minimum absolute atomic E-state index is 1.19. The number of rotatable bonds is 0. The van der Waals surface area contributed by atoms with Crippen molar-refractivity contribution in [2.75, 3.05) is 0 Å². The summed E-state index contributed by atoms with van der Waals surface area (Å²) < 4.78 is 108. The van der Waals surface area contributed by atoms with Gasteiger partial charge in [0.1, 0.15) is 5.82 Å². The van der Waals surface area contributed by atoms with Crippen molar-refractivity contribution < 1.29 is 35.1 Å². The van der Waals surface area contributed by atoms with Crippen LogP contribution in [0.25, 0.3) is 21.5 Å². The fourth-order valence-corrected chi connectivity index (χ4v) is 2.15. The van der Waals surface area contributed by atoms with E-state index in [9.17, 15) is 35.1 Å². The molecule has 0 heterocycles. The molecule has 0 bridgehead atoms. The predicted molar refractivity (Wildman–Crippen MR) is 58.8 cm³/mol. The zero-order valence-corrected chi connectivity index (χ0v) is 10.0. The third-order valence-corrected chi connectivity index (χ3v) is 3.07. The molecule has 0 aliphatic rings. The second-order valence-corrected chi connectivity index (χ2v) is 4.26. The molecule has 0 unspecified atom stereocenters. The van der Waals surface area contributed by atoms with Crippen molar-refractivity contribution >= 4 is 21.5 Å². The predicted octanol–water partition coefficient (Wildman–Crippen LogP) is 4.71. The molecular weight excluding hydrogens is 320 g/mol. The van der Waals surface area contributed by atoms with E-state index in [2.05, 4.69) is 0 Å². The summed E-state index contributed by atoms with van der Waals surface area (Å²) in [4.78, 5) is 0. The van der Waals surface area contributed by atoms with Crippen molar-refractivity contribution in [2.24, 2.45) is 0 Å². The summed E-state index contributed by atoms with van der Waals surface area (Å²) in [7, 11) is 0. The van der Waals surface area contributed by atoms with Gasteiger partial charge in [-0.05, 0) is 0 Å². The quantitative estimate of drug-likeness (QED) is 0.244. The lowest BCUT2D eigenvalue weighted by atomic mass is 9.98. The van der Waals surface area contributed by atoms with Crippen LogP contribution in [-0.2, 0) is 0 Å². The molecule has 0 amide bonds. The van der Waals surface area contributed by atoms with Crippen LogP contribution in [-0.4, -0.2) is 0 Å². The number of halogens is 8. The first-order valence-electron chi connectivity index (χ1n) is 5.51. The highest BCUT2D eigenvalue weighted by atomic mass is 19.2. The Morgan fingerprint density at radius 2 is 0.955 bits per heavy atom. The molecule has 0 saturated carbocycles. The molecule has 0 aromatic heterocycles. The zero-order valence-electron chi connectivity index (χ0n) is 10.0. The van der Waals surface area contributed by atoms with Gasteiger partial charge in [-0.1, -0.05) is 0 Å². The minimum Gasteiger partial charge on any atom is -0.205 e. The van der Waals surface area contributed by atoms with E-state index < -0.39 is 68.1 Å². The maximum Gasteiger partial charge on any atom is 0.195 e. The zero-order chi connectivity index (χ0) is 16.3. The number of fused-ring (bicyclic) bond motifs is 3. The second kappa shape index (κ2) is 4.56. The summed E-state index contributed by atoms with van der Waals surface area (Å²) in [6.07, 6.45) is 0. The van der Waals surface area contributed by atoms with Crippen LogP contribution in [0.4, 0.5) is 35.1 Å². The van der Waals surface area contributed by atoms with Gasteiger partial charge in [0.2, 0.25) is 0 Å². The molecule has 0 atom stereocenters. The van der Waals surface area contributed by atoms with E-state index >= 15 is 0 Å². The lowest BCUT2D eigenvalue weighted by Crippen LogP contribution is -2.03. The van der Waals surface area contributed by atoms with Crippen LogP contribution in [0.1, 0.15) is 0 Å². The van der Waals surface area contributed by atoms with Gasteiger partial charge in [0, 0.05) is 22.2 Å². The first-order valence-corrected chi connectivity index (χ1v) is 5.51. The monoisotopic (exact) mass is 320 g/mol. The van der Waals surface area contributed by atoms with Gasteiger partial charge < -0.3 is 0 Å². The van der Waals surface area contributed by atoms with Crippen LogP contribution in [0.5, 0.6) is 0 Å². The van der Waals surface area contributed by atoms with Crippen molar-refractivity contribution in [3.8, 4) is 0 Å². The Kier molecular flexibility index (Phi) is 3.01. The van der Waals surface area contributed by atoms with Gasteiger partial charge in [0.05, 0.1) is 11.5 Å². The lowest BCUT2D eigenvalue weighted by molar-refractivity contribution is 0.450. The molecule has 3 rings (SSSR count). The Labute approximate surface area is 116 Å². The summed E-state index contributed by atoms with van der Waals surface area (Å²) >= 11 is 0. The Morgan fingerprint density at radius 1 is 0.409 bits per heavy atom. The maximum absolute atomic E-state index is 13.8. The molecule has 0 aliphatic carbocycles. The highest BCUT2D eigenvalue weighted by molar-refractivity contribution is 6.08. The van der Waals surface area contributed by atoms with E-state index in [1.165, 1.54) is 12.1 Å². The van der Waals surface area contributed by atoms with Gasteiger partial charge >= 0.3 is 0 Å². The molecule has 2 radical (unpaired) electrons. The number of benzene rings is 3. The van der Waals surface area contributed by atoms with Crippen LogP contribution >= 0.6 is 0 Å². The molecule has 0 spiro atoms. The SMILES string of the molecule is Fc1[c]c2c(F)c(F)c3c(F)c(F)[c]c(F)c3c2c(F)c1F. The largest absolute Gasteiger partial charge is 0.205 e. The molecule has 3 aromatic carbocycles. The normalized spacial score (nSPS) is 11.6. The fraction of sp³-hybridized carbons (Fsp3) is 0. The van der Waals surface area contributed by atoms with Gasteiger partial charge in [-0.2, -0.15) is 0 Å². The molecule has 0 aliphatic heterocycles. The molecule has 22 heavy (non-hydrogen) atoms. The highest BCUT2D eigenvalue weighted by Gasteiger charge is 2.27.